The van der Waals surface area contributed by atoms with Gasteiger partial charge in [0.25, 0.3) is 0 Å². The highest BCUT2D eigenvalue weighted by Gasteiger charge is 2.22. The molecule has 96 valence electrons. The largest absolute Gasteiger partial charge is 0.390 e. The van der Waals surface area contributed by atoms with E-state index in [0.29, 0.717) is 12.6 Å². The molecule has 1 rings (SSSR count). The number of rotatable bonds is 6. The van der Waals surface area contributed by atoms with Crippen LogP contribution in [0.2, 0.25) is 0 Å². The maximum atomic E-state index is 9.73. The summed E-state index contributed by atoms with van der Waals surface area (Å²) >= 11 is 0. The number of likely N-dealkylation sites (tertiary alicyclic amines) is 1. The van der Waals surface area contributed by atoms with Crippen molar-refractivity contribution in [3.8, 4) is 0 Å². The summed E-state index contributed by atoms with van der Waals surface area (Å²) in [4.78, 5) is 4.81. The molecule has 1 saturated heterocycles. The third-order valence-corrected chi connectivity index (χ3v) is 3.57. The Morgan fingerprint density at radius 1 is 1.44 bits per heavy atom. The Morgan fingerprint density at radius 2 is 2.06 bits per heavy atom. The topological polar surface area (TPSA) is 38.7 Å². The highest BCUT2D eigenvalue weighted by Crippen LogP contribution is 2.15. The van der Waals surface area contributed by atoms with E-state index < -0.39 is 0 Å². The predicted molar refractivity (Wildman–Crippen MR) is 67.7 cm³/mol. The fraction of sp³-hybridized carbons (Fsp3) is 1.00. The van der Waals surface area contributed by atoms with Gasteiger partial charge in [0.1, 0.15) is 0 Å². The minimum Gasteiger partial charge on any atom is -0.390 e. The molecule has 0 aromatic heterocycles. The molecule has 0 bridgehead atoms. The number of likely N-dealkylation sites (N-methyl/N-ethyl adjacent to an activating group) is 2. The molecule has 1 aliphatic heterocycles. The predicted octanol–water partition coefficient (Wildman–Crippen LogP) is -0.0172. The van der Waals surface area contributed by atoms with Crippen molar-refractivity contribution >= 4 is 0 Å². The van der Waals surface area contributed by atoms with Gasteiger partial charge in [-0.15, -0.1) is 0 Å². The van der Waals surface area contributed by atoms with Crippen LogP contribution in [0.3, 0.4) is 0 Å². The SMILES string of the molecule is CCN1CCC(N(C)CC(O)CNC)CC1. The van der Waals surface area contributed by atoms with E-state index in [9.17, 15) is 5.11 Å². The third-order valence-electron chi connectivity index (χ3n) is 3.57. The van der Waals surface area contributed by atoms with Crippen molar-refractivity contribution in [2.45, 2.75) is 31.9 Å². The van der Waals surface area contributed by atoms with Gasteiger partial charge in [-0.25, -0.2) is 0 Å². The van der Waals surface area contributed by atoms with Crippen molar-refractivity contribution in [2.75, 3.05) is 46.8 Å². The lowest BCUT2D eigenvalue weighted by Gasteiger charge is -2.37. The van der Waals surface area contributed by atoms with Crippen molar-refractivity contribution < 1.29 is 5.11 Å². The van der Waals surface area contributed by atoms with Gasteiger partial charge in [-0.2, -0.15) is 0 Å². The molecule has 1 aliphatic rings. The van der Waals surface area contributed by atoms with Crippen LogP contribution < -0.4 is 5.32 Å². The van der Waals surface area contributed by atoms with Crippen molar-refractivity contribution in [2.24, 2.45) is 0 Å². The Balaban J connectivity index is 2.24. The molecule has 16 heavy (non-hydrogen) atoms. The smallest absolute Gasteiger partial charge is 0.0791 e. The lowest BCUT2D eigenvalue weighted by atomic mass is 10.0. The average molecular weight is 229 g/mol. The molecule has 4 nitrogen and oxygen atoms in total. The first kappa shape index (κ1) is 13.9. The number of aliphatic hydroxyl groups is 1. The van der Waals surface area contributed by atoms with Crippen molar-refractivity contribution in [1.29, 1.82) is 0 Å². The number of hydrogen-bond donors (Lipinski definition) is 2. The molecule has 1 atom stereocenters. The maximum Gasteiger partial charge on any atom is 0.0791 e. The summed E-state index contributed by atoms with van der Waals surface area (Å²) in [7, 11) is 4.01. The summed E-state index contributed by atoms with van der Waals surface area (Å²) in [5, 5.41) is 12.7. The molecule has 1 unspecified atom stereocenters. The monoisotopic (exact) mass is 229 g/mol. The number of hydrogen-bond acceptors (Lipinski definition) is 4. The summed E-state index contributed by atoms with van der Waals surface area (Å²) in [6.07, 6.45) is 2.21. The van der Waals surface area contributed by atoms with Gasteiger partial charge >= 0.3 is 0 Å². The van der Waals surface area contributed by atoms with Gasteiger partial charge in [0, 0.05) is 19.1 Å². The summed E-state index contributed by atoms with van der Waals surface area (Å²) in [5.74, 6) is 0. The summed E-state index contributed by atoms with van der Waals surface area (Å²) in [6.45, 7) is 7.25. The van der Waals surface area contributed by atoms with Crippen LogP contribution in [-0.2, 0) is 0 Å². The Bertz CT molecular complexity index is 181. The van der Waals surface area contributed by atoms with Crippen molar-refractivity contribution in [3.05, 3.63) is 0 Å². The van der Waals surface area contributed by atoms with E-state index in [-0.39, 0.29) is 6.10 Å². The number of aliphatic hydroxyl groups excluding tert-OH is 1. The van der Waals surface area contributed by atoms with Gasteiger partial charge in [-0.05, 0) is 46.6 Å². The molecule has 0 aliphatic carbocycles. The summed E-state index contributed by atoms with van der Waals surface area (Å²) < 4.78 is 0. The van der Waals surface area contributed by atoms with E-state index in [2.05, 4.69) is 29.1 Å². The zero-order chi connectivity index (χ0) is 12.0. The second-order valence-corrected chi connectivity index (χ2v) is 4.82. The van der Waals surface area contributed by atoms with Gasteiger partial charge in [0.15, 0.2) is 0 Å². The fourth-order valence-corrected chi connectivity index (χ4v) is 2.46. The van der Waals surface area contributed by atoms with Gasteiger partial charge in [0.05, 0.1) is 6.10 Å². The molecule has 2 N–H and O–H groups in total. The number of nitrogens with one attached hydrogen (secondary N) is 1. The van der Waals surface area contributed by atoms with Gasteiger partial charge in [-0.1, -0.05) is 6.92 Å². The van der Waals surface area contributed by atoms with Crippen LogP contribution in [0.4, 0.5) is 0 Å². The molecule has 0 radical (unpaired) electrons. The van der Waals surface area contributed by atoms with Crippen LogP contribution in [-0.4, -0.2) is 73.9 Å². The Morgan fingerprint density at radius 3 is 2.56 bits per heavy atom. The van der Waals surface area contributed by atoms with E-state index in [0.717, 1.165) is 6.54 Å². The standard InChI is InChI=1S/C12H27N3O/c1-4-15-7-5-11(6-8-15)14(3)10-12(16)9-13-2/h11-13,16H,4-10H2,1-3H3. The van der Waals surface area contributed by atoms with Gasteiger partial charge in [-0.3, -0.25) is 0 Å². The lowest BCUT2D eigenvalue weighted by Crippen LogP contribution is -2.46. The number of nitrogens with zero attached hydrogens (tertiary/aromatic N) is 2. The van der Waals surface area contributed by atoms with E-state index in [1.54, 1.807) is 0 Å². The fourth-order valence-electron chi connectivity index (χ4n) is 2.46. The molecule has 0 spiro atoms. The minimum absolute atomic E-state index is 0.251. The number of piperidine rings is 1. The van der Waals surface area contributed by atoms with Crippen molar-refractivity contribution in [3.63, 3.8) is 0 Å². The molecule has 1 heterocycles. The molecule has 0 amide bonds. The highest BCUT2D eigenvalue weighted by atomic mass is 16.3. The normalized spacial score (nSPS) is 21.6. The Kier molecular flexibility index (Phi) is 6.28. The molecule has 1 fully saturated rings. The molecule has 0 aromatic rings. The molecule has 0 saturated carbocycles. The maximum absolute atomic E-state index is 9.73. The summed E-state index contributed by atoms with van der Waals surface area (Å²) in [6, 6.07) is 0.648. The third kappa shape index (κ3) is 4.37. The first-order valence-electron chi connectivity index (χ1n) is 6.42. The van der Waals surface area contributed by atoms with E-state index in [4.69, 9.17) is 0 Å². The van der Waals surface area contributed by atoms with Crippen LogP contribution in [0.25, 0.3) is 0 Å². The zero-order valence-corrected chi connectivity index (χ0v) is 10.9. The molecule has 0 aromatic carbocycles. The zero-order valence-electron chi connectivity index (χ0n) is 10.9. The second-order valence-electron chi connectivity index (χ2n) is 4.82. The lowest BCUT2D eigenvalue weighted by molar-refractivity contribution is 0.0756. The van der Waals surface area contributed by atoms with Crippen LogP contribution in [0.1, 0.15) is 19.8 Å². The van der Waals surface area contributed by atoms with Gasteiger partial charge in [0.2, 0.25) is 0 Å². The first-order chi connectivity index (χ1) is 7.67. The van der Waals surface area contributed by atoms with Gasteiger partial charge < -0.3 is 20.2 Å². The Labute approximate surface area is 99.6 Å². The van der Waals surface area contributed by atoms with E-state index in [1.165, 1.54) is 32.5 Å². The summed E-state index contributed by atoms with van der Waals surface area (Å²) in [5.41, 5.74) is 0. The second kappa shape index (κ2) is 7.22. The van der Waals surface area contributed by atoms with Crippen LogP contribution in [0, 0.1) is 0 Å². The molecular weight excluding hydrogens is 202 g/mol. The van der Waals surface area contributed by atoms with Crippen LogP contribution in [0.5, 0.6) is 0 Å². The van der Waals surface area contributed by atoms with Crippen LogP contribution in [0.15, 0.2) is 0 Å². The molecule has 4 heteroatoms. The highest BCUT2D eigenvalue weighted by molar-refractivity contribution is 4.79. The van der Waals surface area contributed by atoms with Crippen molar-refractivity contribution in [1.82, 2.24) is 15.1 Å². The minimum atomic E-state index is -0.251. The van der Waals surface area contributed by atoms with E-state index >= 15 is 0 Å². The van der Waals surface area contributed by atoms with E-state index in [1.807, 2.05) is 7.05 Å². The quantitative estimate of drug-likeness (QED) is 0.671. The first-order valence-corrected chi connectivity index (χ1v) is 6.42. The molecular formula is C12H27N3O. The van der Waals surface area contributed by atoms with Crippen LogP contribution >= 0.6 is 0 Å². The average Bonchev–Trinajstić information content (AvgIpc) is 2.29. The Hall–Kier alpha value is -0.160.